The second-order valence-corrected chi connectivity index (χ2v) is 5.04. The van der Waals surface area contributed by atoms with Gasteiger partial charge in [-0.1, -0.05) is 0 Å². The molecule has 0 amide bonds. The van der Waals surface area contributed by atoms with E-state index >= 15 is 0 Å². The molecule has 6 nitrogen and oxygen atoms in total. The van der Waals surface area contributed by atoms with E-state index in [-0.39, 0.29) is 19.1 Å². The summed E-state index contributed by atoms with van der Waals surface area (Å²) in [5, 5.41) is 10.4. The highest BCUT2D eigenvalue weighted by Gasteiger charge is 2.23. The van der Waals surface area contributed by atoms with Crippen LogP contribution >= 0.6 is 7.82 Å². The number of nitrogens with zero attached hydrogens (tertiary/aromatic N) is 1. The maximum atomic E-state index is 10.5. The van der Waals surface area contributed by atoms with E-state index in [4.69, 9.17) is 9.79 Å². The Balaban J connectivity index is 2.27. The molecule has 0 aromatic rings. The fraction of sp³-hybridized carbons (Fsp3) is 1.00. The molecule has 0 saturated carbocycles. The molecule has 1 unspecified atom stereocenters. The second-order valence-electron chi connectivity index (χ2n) is 3.80. The Bertz CT molecular complexity index is 229. The van der Waals surface area contributed by atoms with Crippen molar-refractivity contribution in [3.63, 3.8) is 0 Å². The van der Waals surface area contributed by atoms with Crippen LogP contribution in [0, 0.1) is 5.92 Å². The van der Waals surface area contributed by atoms with Crippen molar-refractivity contribution in [2.75, 3.05) is 32.8 Å². The fourth-order valence-electron chi connectivity index (χ4n) is 1.82. The number of likely N-dealkylation sites (tertiary alicyclic amines) is 1. The van der Waals surface area contributed by atoms with Crippen LogP contribution in [0.5, 0.6) is 0 Å². The van der Waals surface area contributed by atoms with E-state index in [2.05, 4.69) is 4.52 Å². The maximum absolute atomic E-state index is 10.5. The van der Waals surface area contributed by atoms with Gasteiger partial charge in [-0.2, -0.15) is 0 Å². The Labute approximate surface area is 89.1 Å². The van der Waals surface area contributed by atoms with Crippen LogP contribution in [0.3, 0.4) is 0 Å². The molecule has 0 aliphatic carbocycles. The first kappa shape index (κ1) is 13.1. The summed E-state index contributed by atoms with van der Waals surface area (Å²) >= 11 is 0. The zero-order valence-electron chi connectivity index (χ0n) is 8.54. The monoisotopic (exact) mass is 238 g/mol. The molecule has 1 saturated heterocycles. The fourth-order valence-corrected chi connectivity index (χ4v) is 2.23. The Morgan fingerprint density at radius 2 is 2.20 bits per heavy atom. The average Bonchev–Trinajstić information content (AvgIpc) is 2.15. The third-order valence-corrected chi connectivity index (χ3v) is 2.97. The molecule has 0 bridgehead atoms. The van der Waals surface area contributed by atoms with E-state index in [0.717, 1.165) is 19.4 Å². The highest BCUT2D eigenvalue weighted by Crippen LogP contribution is 2.37. The summed E-state index contributed by atoms with van der Waals surface area (Å²) in [6, 6.07) is 0. The zero-order valence-corrected chi connectivity index (χ0v) is 9.44. The van der Waals surface area contributed by atoms with Crippen LogP contribution in [0.4, 0.5) is 0 Å². The quantitative estimate of drug-likeness (QED) is 0.669. The molecule has 0 aromatic heterocycles. The van der Waals surface area contributed by atoms with Gasteiger partial charge in [-0.15, -0.1) is 0 Å². The van der Waals surface area contributed by atoms with Crippen LogP contribution in [-0.4, -0.2) is 47.5 Å². The van der Waals surface area contributed by atoms with Crippen molar-refractivity contribution in [3.8, 4) is 0 Å². The van der Waals surface area contributed by atoms with Crippen LogP contribution in [0.15, 0.2) is 0 Å². The largest absolute Gasteiger partial charge is 0.469 e. The first-order valence-electron chi connectivity index (χ1n) is 5.02. The SMILES string of the molecule is [O]CCN1CCCC(COP(=O)(O)O)C1. The summed E-state index contributed by atoms with van der Waals surface area (Å²) in [6.07, 6.45) is 1.85. The van der Waals surface area contributed by atoms with Gasteiger partial charge in [-0.25, -0.2) is 9.67 Å². The molecule has 2 N–H and O–H groups in total. The zero-order chi connectivity index (χ0) is 11.3. The number of rotatable bonds is 5. The molecule has 1 radical (unpaired) electrons. The first-order valence-corrected chi connectivity index (χ1v) is 6.55. The molecular weight excluding hydrogens is 221 g/mol. The summed E-state index contributed by atoms with van der Waals surface area (Å²) < 4.78 is 14.9. The Hall–Kier alpha value is 0.0300. The molecule has 89 valence electrons. The standard InChI is InChI=1S/C8H17NO5P/c10-5-4-9-3-1-2-8(6-9)7-14-15(11,12)13/h8H,1-7H2,(H2,11,12,13). The van der Waals surface area contributed by atoms with Gasteiger partial charge < -0.3 is 14.7 Å². The van der Waals surface area contributed by atoms with E-state index in [9.17, 15) is 9.67 Å². The van der Waals surface area contributed by atoms with Crippen molar-refractivity contribution in [2.45, 2.75) is 12.8 Å². The normalized spacial score (nSPS) is 24.3. The van der Waals surface area contributed by atoms with Crippen LogP contribution < -0.4 is 0 Å². The number of piperidine rings is 1. The molecule has 1 rings (SSSR count). The molecule has 0 spiro atoms. The third kappa shape index (κ3) is 5.61. The van der Waals surface area contributed by atoms with Gasteiger partial charge in [0.1, 0.15) is 0 Å². The number of hydrogen-bond acceptors (Lipinski definition) is 3. The van der Waals surface area contributed by atoms with Crippen LogP contribution in [0.2, 0.25) is 0 Å². The van der Waals surface area contributed by atoms with E-state index in [1.165, 1.54) is 0 Å². The van der Waals surface area contributed by atoms with E-state index in [1.54, 1.807) is 0 Å². The van der Waals surface area contributed by atoms with E-state index in [0.29, 0.717) is 13.1 Å². The van der Waals surface area contributed by atoms with Crippen molar-refractivity contribution in [2.24, 2.45) is 5.92 Å². The third-order valence-electron chi connectivity index (χ3n) is 2.49. The molecule has 1 atom stereocenters. The molecule has 1 fully saturated rings. The van der Waals surface area contributed by atoms with Crippen molar-refractivity contribution in [3.05, 3.63) is 0 Å². The van der Waals surface area contributed by atoms with Crippen molar-refractivity contribution >= 4 is 7.82 Å². The molecule has 0 aromatic carbocycles. The Kier molecular flexibility index (Phi) is 5.18. The lowest BCUT2D eigenvalue weighted by Crippen LogP contribution is -2.38. The molecule has 1 heterocycles. The lowest BCUT2D eigenvalue weighted by molar-refractivity contribution is 0.0819. The van der Waals surface area contributed by atoms with Gasteiger partial charge in [0.15, 0.2) is 0 Å². The smallest absolute Gasteiger partial charge is 0.303 e. The van der Waals surface area contributed by atoms with Crippen molar-refractivity contribution in [1.82, 2.24) is 4.90 Å². The molecule has 15 heavy (non-hydrogen) atoms. The number of hydrogen-bond donors (Lipinski definition) is 2. The summed E-state index contributed by atoms with van der Waals surface area (Å²) in [7, 11) is -4.35. The van der Waals surface area contributed by atoms with Gasteiger partial charge in [0.25, 0.3) is 0 Å². The summed E-state index contributed by atoms with van der Waals surface area (Å²) in [6.45, 7) is 2.04. The Morgan fingerprint density at radius 1 is 1.47 bits per heavy atom. The van der Waals surface area contributed by atoms with Gasteiger partial charge in [-0.05, 0) is 25.3 Å². The number of phosphoric acid groups is 1. The summed E-state index contributed by atoms with van der Waals surface area (Å²) in [5.41, 5.74) is 0. The van der Waals surface area contributed by atoms with Gasteiger partial charge in [0.2, 0.25) is 0 Å². The van der Waals surface area contributed by atoms with E-state index < -0.39 is 7.82 Å². The predicted molar refractivity (Wildman–Crippen MR) is 52.7 cm³/mol. The maximum Gasteiger partial charge on any atom is 0.469 e. The summed E-state index contributed by atoms with van der Waals surface area (Å²) in [4.78, 5) is 19.1. The number of phosphoric ester groups is 1. The van der Waals surface area contributed by atoms with E-state index in [1.807, 2.05) is 4.90 Å². The second kappa shape index (κ2) is 5.94. The topological polar surface area (TPSA) is 89.9 Å². The van der Waals surface area contributed by atoms with Crippen molar-refractivity contribution < 1.29 is 24.0 Å². The van der Waals surface area contributed by atoms with Gasteiger partial charge in [0, 0.05) is 13.1 Å². The summed E-state index contributed by atoms with van der Waals surface area (Å²) in [5.74, 6) is 0.123. The lowest BCUT2D eigenvalue weighted by atomic mass is 9.99. The van der Waals surface area contributed by atoms with Crippen LogP contribution in [0.25, 0.3) is 0 Å². The van der Waals surface area contributed by atoms with Crippen molar-refractivity contribution in [1.29, 1.82) is 0 Å². The van der Waals surface area contributed by atoms with Gasteiger partial charge in [0.05, 0.1) is 13.2 Å². The first-order chi connectivity index (χ1) is 7.01. The van der Waals surface area contributed by atoms with Crippen LogP contribution in [0.1, 0.15) is 12.8 Å². The Morgan fingerprint density at radius 3 is 2.80 bits per heavy atom. The van der Waals surface area contributed by atoms with Gasteiger partial charge in [-0.3, -0.25) is 4.52 Å². The lowest BCUT2D eigenvalue weighted by Gasteiger charge is -2.31. The molecule has 7 heteroatoms. The molecule has 1 aliphatic rings. The minimum absolute atomic E-state index is 0.0691. The van der Waals surface area contributed by atoms with Crippen LogP contribution in [-0.2, 0) is 14.2 Å². The highest BCUT2D eigenvalue weighted by molar-refractivity contribution is 7.46. The molecular formula is C8H17NO5P. The predicted octanol–water partition coefficient (Wildman–Crippen LogP) is 0.238. The van der Waals surface area contributed by atoms with Gasteiger partial charge >= 0.3 is 7.82 Å². The minimum atomic E-state index is -4.35. The minimum Gasteiger partial charge on any atom is -0.303 e. The average molecular weight is 238 g/mol. The molecule has 1 aliphatic heterocycles. The highest BCUT2D eigenvalue weighted by atomic mass is 31.2.